The Morgan fingerprint density at radius 1 is 1.21 bits per heavy atom. The van der Waals surface area contributed by atoms with E-state index in [0.29, 0.717) is 26.2 Å². The molecule has 5 nitrogen and oxygen atoms in total. The van der Waals surface area contributed by atoms with Crippen LogP contribution in [-0.2, 0) is 16.0 Å². The molecular weight excluding hydrogens is 304 g/mol. The van der Waals surface area contributed by atoms with Crippen molar-refractivity contribution in [1.29, 1.82) is 0 Å². The normalized spacial score (nSPS) is 16.3. The molecule has 0 aliphatic carbocycles. The van der Waals surface area contributed by atoms with Gasteiger partial charge in [-0.05, 0) is 41.8 Å². The smallest absolute Gasteiger partial charge is 0.227 e. The molecule has 1 unspecified atom stereocenters. The summed E-state index contributed by atoms with van der Waals surface area (Å²) in [5, 5.41) is 2.90. The third-order valence-corrected chi connectivity index (χ3v) is 3.99. The largest absolute Gasteiger partial charge is 0.492 e. The lowest BCUT2D eigenvalue weighted by atomic mass is 9.95. The summed E-state index contributed by atoms with van der Waals surface area (Å²) in [6.45, 7) is 1.60. The molecule has 0 saturated carbocycles. The van der Waals surface area contributed by atoms with Crippen molar-refractivity contribution in [2.45, 2.75) is 18.9 Å². The Labute approximate surface area is 141 Å². The second-order valence-electron chi connectivity index (χ2n) is 5.72. The number of nitrogens with one attached hydrogen (secondary N) is 1. The van der Waals surface area contributed by atoms with Crippen LogP contribution in [0, 0.1) is 0 Å². The third-order valence-electron chi connectivity index (χ3n) is 3.99. The molecule has 0 aromatic heterocycles. The van der Waals surface area contributed by atoms with Gasteiger partial charge < -0.3 is 20.5 Å². The number of hydrogen-bond acceptors (Lipinski definition) is 4. The Morgan fingerprint density at radius 3 is 2.79 bits per heavy atom. The Kier molecular flexibility index (Phi) is 5.46. The van der Waals surface area contributed by atoms with Crippen molar-refractivity contribution >= 4 is 11.6 Å². The van der Waals surface area contributed by atoms with Gasteiger partial charge in [0.2, 0.25) is 5.91 Å². The van der Waals surface area contributed by atoms with Crippen LogP contribution in [0.2, 0.25) is 0 Å². The number of anilines is 1. The van der Waals surface area contributed by atoms with Gasteiger partial charge in [0.05, 0.1) is 19.1 Å². The first-order valence-electron chi connectivity index (χ1n) is 8.18. The Bertz CT molecular complexity index is 685. The fourth-order valence-corrected chi connectivity index (χ4v) is 2.84. The van der Waals surface area contributed by atoms with Crippen LogP contribution in [0.15, 0.2) is 48.5 Å². The van der Waals surface area contributed by atoms with Crippen LogP contribution < -0.4 is 15.8 Å². The number of hydrogen-bond donors (Lipinski definition) is 2. The van der Waals surface area contributed by atoms with Crippen LogP contribution in [0.25, 0.3) is 0 Å². The summed E-state index contributed by atoms with van der Waals surface area (Å²) in [4.78, 5) is 12.3. The summed E-state index contributed by atoms with van der Waals surface area (Å²) in [7, 11) is 0. The van der Waals surface area contributed by atoms with E-state index in [9.17, 15) is 4.79 Å². The molecule has 24 heavy (non-hydrogen) atoms. The minimum Gasteiger partial charge on any atom is -0.492 e. The lowest BCUT2D eigenvalue weighted by Gasteiger charge is -2.25. The predicted molar refractivity (Wildman–Crippen MR) is 93.1 cm³/mol. The van der Waals surface area contributed by atoms with Crippen molar-refractivity contribution in [2.24, 2.45) is 5.73 Å². The molecule has 2 aromatic carbocycles. The highest BCUT2D eigenvalue weighted by molar-refractivity contribution is 5.91. The number of ether oxygens (including phenoxy) is 2. The fourth-order valence-electron chi connectivity index (χ4n) is 2.84. The SMILES string of the molecule is NCCOc1ccc(NC(=O)CC2OCCc3ccccc32)cc1. The quantitative estimate of drug-likeness (QED) is 0.856. The van der Waals surface area contributed by atoms with E-state index in [-0.39, 0.29) is 12.0 Å². The average molecular weight is 326 g/mol. The zero-order chi connectivity index (χ0) is 16.8. The van der Waals surface area contributed by atoms with Crippen molar-refractivity contribution < 1.29 is 14.3 Å². The fraction of sp³-hybridized carbons (Fsp3) is 0.316. The van der Waals surface area contributed by atoms with Crippen LogP contribution in [0.4, 0.5) is 5.69 Å². The maximum Gasteiger partial charge on any atom is 0.227 e. The Hall–Kier alpha value is -2.37. The van der Waals surface area contributed by atoms with E-state index in [4.69, 9.17) is 15.2 Å². The molecule has 2 aromatic rings. The van der Waals surface area contributed by atoms with Gasteiger partial charge in [-0.1, -0.05) is 24.3 Å². The molecule has 1 aliphatic rings. The summed E-state index contributed by atoms with van der Waals surface area (Å²) >= 11 is 0. The Balaban J connectivity index is 1.58. The second-order valence-corrected chi connectivity index (χ2v) is 5.72. The maximum atomic E-state index is 12.3. The van der Waals surface area contributed by atoms with Gasteiger partial charge in [-0.3, -0.25) is 4.79 Å². The molecule has 1 aliphatic heterocycles. The van der Waals surface area contributed by atoms with E-state index in [1.54, 1.807) is 0 Å². The number of fused-ring (bicyclic) bond motifs is 1. The molecule has 0 fully saturated rings. The number of amides is 1. The van der Waals surface area contributed by atoms with Crippen molar-refractivity contribution in [3.8, 4) is 5.75 Å². The summed E-state index contributed by atoms with van der Waals surface area (Å²) in [6, 6.07) is 15.4. The van der Waals surface area contributed by atoms with Crippen LogP contribution in [0.1, 0.15) is 23.7 Å². The number of nitrogens with two attached hydrogens (primary N) is 1. The van der Waals surface area contributed by atoms with Gasteiger partial charge in [-0.25, -0.2) is 0 Å². The molecular formula is C19H22N2O3. The van der Waals surface area contributed by atoms with E-state index in [0.717, 1.165) is 23.4 Å². The molecule has 3 N–H and O–H groups in total. The van der Waals surface area contributed by atoms with E-state index in [1.807, 2.05) is 42.5 Å². The molecule has 1 heterocycles. The number of carbonyl (C=O) groups excluding carboxylic acids is 1. The van der Waals surface area contributed by atoms with Gasteiger partial charge in [0.15, 0.2) is 0 Å². The molecule has 0 radical (unpaired) electrons. The minimum absolute atomic E-state index is 0.0627. The van der Waals surface area contributed by atoms with Crippen LogP contribution in [0.3, 0.4) is 0 Å². The zero-order valence-electron chi connectivity index (χ0n) is 13.5. The summed E-state index contributed by atoms with van der Waals surface area (Å²) in [5.41, 5.74) is 8.52. The predicted octanol–water partition coefficient (Wildman–Crippen LogP) is 2.67. The van der Waals surface area contributed by atoms with Crippen molar-refractivity contribution in [3.05, 3.63) is 59.7 Å². The summed E-state index contributed by atoms with van der Waals surface area (Å²) in [5.74, 6) is 0.676. The first-order chi connectivity index (χ1) is 11.8. The molecule has 0 saturated heterocycles. The topological polar surface area (TPSA) is 73.6 Å². The van der Waals surface area contributed by atoms with Gasteiger partial charge in [0.1, 0.15) is 12.4 Å². The molecule has 0 bridgehead atoms. The van der Waals surface area contributed by atoms with Gasteiger partial charge in [-0.2, -0.15) is 0 Å². The molecule has 1 amide bonds. The van der Waals surface area contributed by atoms with Crippen molar-refractivity contribution in [1.82, 2.24) is 0 Å². The number of benzene rings is 2. The maximum absolute atomic E-state index is 12.3. The number of carbonyl (C=O) groups is 1. The second kappa shape index (κ2) is 7.95. The molecule has 5 heteroatoms. The summed E-state index contributed by atoms with van der Waals surface area (Å²) < 4.78 is 11.2. The molecule has 126 valence electrons. The van der Waals surface area contributed by atoms with Crippen LogP contribution in [-0.4, -0.2) is 25.7 Å². The monoisotopic (exact) mass is 326 g/mol. The first kappa shape index (κ1) is 16.5. The molecule has 3 rings (SSSR count). The van der Waals surface area contributed by atoms with Gasteiger partial charge >= 0.3 is 0 Å². The van der Waals surface area contributed by atoms with E-state index in [1.165, 1.54) is 5.56 Å². The Morgan fingerprint density at radius 2 is 2.00 bits per heavy atom. The van der Waals surface area contributed by atoms with Crippen LogP contribution >= 0.6 is 0 Å². The minimum atomic E-state index is -0.179. The van der Waals surface area contributed by atoms with Crippen molar-refractivity contribution in [3.63, 3.8) is 0 Å². The molecule has 0 spiro atoms. The van der Waals surface area contributed by atoms with E-state index < -0.39 is 0 Å². The van der Waals surface area contributed by atoms with Crippen LogP contribution in [0.5, 0.6) is 5.75 Å². The first-order valence-corrected chi connectivity index (χ1v) is 8.18. The lowest BCUT2D eigenvalue weighted by Crippen LogP contribution is -2.22. The lowest BCUT2D eigenvalue weighted by molar-refractivity contribution is -0.119. The van der Waals surface area contributed by atoms with Gasteiger partial charge in [0.25, 0.3) is 0 Å². The highest BCUT2D eigenvalue weighted by Gasteiger charge is 2.23. The van der Waals surface area contributed by atoms with Gasteiger partial charge in [0, 0.05) is 12.2 Å². The highest BCUT2D eigenvalue weighted by Crippen LogP contribution is 2.29. The van der Waals surface area contributed by atoms with Gasteiger partial charge in [-0.15, -0.1) is 0 Å². The number of rotatable bonds is 6. The average Bonchev–Trinajstić information content (AvgIpc) is 2.61. The highest BCUT2D eigenvalue weighted by atomic mass is 16.5. The van der Waals surface area contributed by atoms with E-state index >= 15 is 0 Å². The van der Waals surface area contributed by atoms with Crippen molar-refractivity contribution in [2.75, 3.05) is 25.1 Å². The summed E-state index contributed by atoms with van der Waals surface area (Å²) in [6.07, 6.45) is 1.03. The zero-order valence-corrected chi connectivity index (χ0v) is 13.5. The molecule has 1 atom stereocenters. The van der Waals surface area contributed by atoms with E-state index in [2.05, 4.69) is 11.4 Å². The third kappa shape index (κ3) is 4.13. The standard InChI is InChI=1S/C19H22N2O3/c20-10-12-23-16-7-5-15(6-8-16)21-19(22)13-18-17-4-2-1-3-14(17)9-11-24-18/h1-8,18H,9-13,20H2,(H,21,22).